The van der Waals surface area contributed by atoms with E-state index in [1.54, 1.807) is 20.8 Å². The van der Waals surface area contributed by atoms with Crippen LogP contribution in [0.4, 0.5) is 13.2 Å². The fourth-order valence-electron chi connectivity index (χ4n) is 1.87. The van der Waals surface area contributed by atoms with Gasteiger partial charge in [-0.25, -0.2) is 0 Å². The highest BCUT2D eigenvalue weighted by Gasteiger charge is 2.33. The molecule has 0 bridgehead atoms. The molecule has 26 heavy (non-hydrogen) atoms. The molecule has 0 amide bonds. The summed E-state index contributed by atoms with van der Waals surface area (Å²) in [5.74, 6) is -0.997. The van der Waals surface area contributed by atoms with Crippen molar-refractivity contribution >= 4 is 23.5 Å². The molecule has 1 N–H and O–H groups in total. The van der Waals surface area contributed by atoms with Crippen LogP contribution in [-0.4, -0.2) is 30.6 Å². The van der Waals surface area contributed by atoms with E-state index in [0.29, 0.717) is 5.56 Å². The van der Waals surface area contributed by atoms with Crippen LogP contribution in [0.25, 0.3) is 0 Å². The third-order valence-electron chi connectivity index (χ3n) is 2.93. The van der Waals surface area contributed by atoms with Gasteiger partial charge in [0.25, 0.3) is 0 Å². The van der Waals surface area contributed by atoms with Crippen LogP contribution < -0.4 is 5.32 Å². The number of benzene rings is 1. The maximum absolute atomic E-state index is 12.6. The van der Waals surface area contributed by atoms with Gasteiger partial charge in [-0.3, -0.25) is 9.59 Å². The van der Waals surface area contributed by atoms with E-state index in [4.69, 9.17) is 21.1 Å². The zero-order valence-corrected chi connectivity index (χ0v) is 15.5. The van der Waals surface area contributed by atoms with Crippen LogP contribution in [0.5, 0.6) is 0 Å². The molecular weight excluding hydrogens is 375 g/mol. The fraction of sp³-hybridized carbons (Fsp3) is 0.529. The highest BCUT2D eigenvalue weighted by molar-refractivity contribution is 6.31. The number of hydrogen-bond donors (Lipinski definition) is 1. The number of alkyl halides is 3. The summed E-state index contributed by atoms with van der Waals surface area (Å²) in [6.45, 7) is 5.15. The maximum atomic E-state index is 12.6. The Balaban J connectivity index is 2.33. The molecule has 0 saturated heterocycles. The van der Waals surface area contributed by atoms with Crippen LogP contribution in [0.15, 0.2) is 18.2 Å². The van der Waals surface area contributed by atoms with Gasteiger partial charge in [0.2, 0.25) is 0 Å². The minimum atomic E-state index is -4.54. The summed E-state index contributed by atoms with van der Waals surface area (Å²) in [4.78, 5) is 23.1. The molecule has 0 aliphatic heterocycles. The van der Waals surface area contributed by atoms with Crippen molar-refractivity contribution < 1.29 is 32.2 Å². The second-order valence-corrected chi connectivity index (χ2v) is 6.89. The average molecular weight is 396 g/mol. The molecule has 5 nitrogen and oxygen atoms in total. The van der Waals surface area contributed by atoms with E-state index in [-0.39, 0.29) is 26.1 Å². The summed E-state index contributed by atoms with van der Waals surface area (Å²) < 4.78 is 47.9. The highest BCUT2D eigenvalue weighted by Crippen LogP contribution is 2.34. The lowest BCUT2D eigenvalue weighted by Crippen LogP contribution is -2.29. The van der Waals surface area contributed by atoms with E-state index in [9.17, 15) is 22.8 Å². The van der Waals surface area contributed by atoms with Gasteiger partial charge in [-0.2, -0.15) is 13.2 Å². The number of ether oxygens (including phenoxy) is 2. The smallest absolute Gasteiger partial charge is 0.417 e. The Kier molecular flexibility index (Phi) is 7.89. The molecule has 146 valence electrons. The Hall–Kier alpha value is -1.80. The zero-order chi connectivity index (χ0) is 20.0. The van der Waals surface area contributed by atoms with Crippen molar-refractivity contribution in [3.63, 3.8) is 0 Å². The number of carbonyl (C=O) groups is 2. The second kappa shape index (κ2) is 9.23. The van der Waals surface area contributed by atoms with Gasteiger partial charge < -0.3 is 14.8 Å². The van der Waals surface area contributed by atoms with E-state index in [1.165, 1.54) is 6.07 Å². The lowest BCUT2D eigenvalue weighted by atomic mass is 10.1. The van der Waals surface area contributed by atoms with Crippen LogP contribution in [0.1, 0.15) is 38.3 Å². The molecular formula is C17H21ClF3NO4. The number of halogens is 4. The maximum Gasteiger partial charge on any atom is 0.417 e. The van der Waals surface area contributed by atoms with E-state index in [1.807, 2.05) is 0 Å². The van der Waals surface area contributed by atoms with Crippen molar-refractivity contribution in [1.82, 2.24) is 5.32 Å². The molecule has 0 aliphatic rings. The summed E-state index contributed by atoms with van der Waals surface area (Å²) in [6.07, 6.45) is -4.44. The molecule has 0 fully saturated rings. The predicted octanol–water partition coefficient (Wildman–Crippen LogP) is 3.72. The third kappa shape index (κ3) is 8.53. The van der Waals surface area contributed by atoms with Gasteiger partial charge in [0.1, 0.15) is 12.2 Å². The number of esters is 2. The first kappa shape index (κ1) is 22.2. The first-order valence-electron chi connectivity index (χ1n) is 7.82. The van der Waals surface area contributed by atoms with Gasteiger partial charge >= 0.3 is 18.1 Å². The van der Waals surface area contributed by atoms with Crippen LogP contribution in [0.3, 0.4) is 0 Å². The van der Waals surface area contributed by atoms with Crippen LogP contribution in [-0.2, 0) is 31.8 Å². The summed E-state index contributed by atoms with van der Waals surface area (Å²) in [5, 5.41) is 2.27. The highest BCUT2D eigenvalue weighted by atomic mass is 35.5. The van der Waals surface area contributed by atoms with Crippen LogP contribution in [0.2, 0.25) is 5.02 Å². The van der Waals surface area contributed by atoms with Gasteiger partial charge in [-0.05, 0) is 38.5 Å². The normalized spacial score (nSPS) is 12.0. The number of carbonyl (C=O) groups excluding carboxylic acids is 2. The van der Waals surface area contributed by atoms with Gasteiger partial charge in [0.05, 0.1) is 23.6 Å². The lowest BCUT2D eigenvalue weighted by Gasteiger charge is -2.19. The Morgan fingerprint density at radius 3 is 2.35 bits per heavy atom. The monoisotopic (exact) mass is 395 g/mol. The van der Waals surface area contributed by atoms with Crippen molar-refractivity contribution in [1.29, 1.82) is 0 Å². The Labute approximate surface area is 154 Å². The molecule has 0 radical (unpaired) electrons. The number of rotatable bonds is 7. The summed E-state index contributed by atoms with van der Waals surface area (Å²) >= 11 is 5.59. The summed E-state index contributed by atoms with van der Waals surface area (Å²) in [6, 6.07) is 3.14. The molecule has 0 spiro atoms. The number of hydrogen-bond acceptors (Lipinski definition) is 5. The Morgan fingerprint density at radius 2 is 1.81 bits per heavy atom. The number of nitrogens with one attached hydrogen (secondary N) is 1. The largest absolute Gasteiger partial charge is 0.460 e. The van der Waals surface area contributed by atoms with Crippen LogP contribution >= 0.6 is 11.6 Å². The second-order valence-electron chi connectivity index (χ2n) is 6.49. The summed E-state index contributed by atoms with van der Waals surface area (Å²) in [5.41, 5.74) is -1.18. The molecule has 0 unspecified atom stereocenters. The molecule has 0 saturated carbocycles. The fourth-order valence-corrected chi connectivity index (χ4v) is 2.18. The van der Waals surface area contributed by atoms with Gasteiger partial charge in [0.15, 0.2) is 0 Å². The first-order chi connectivity index (χ1) is 11.9. The quantitative estimate of drug-likeness (QED) is 0.563. The molecule has 1 aromatic rings. The Bertz CT molecular complexity index is 642. The van der Waals surface area contributed by atoms with Gasteiger partial charge in [-0.15, -0.1) is 0 Å². The van der Waals surface area contributed by atoms with Crippen molar-refractivity contribution in [2.45, 2.75) is 45.6 Å². The molecule has 1 aromatic carbocycles. The molecule has 9 heteroatoms. The zero-order valence-electron chi connectivity index (χ0n) is 14.7. The molecule has 0 aliphatic carbocycles. The van der Waals surface area contributed by atoms with Crippen molar-refractivity contribution in [3.8, 4) is 0 Å². The van der Waals surface area contributed by atoms with E-state index >= 15 is 0 Å². The molecule has 0 aromatic heterocycles. The van der Waals surface area contributed by atoms with Crippen LogP contribution in [0, 0.1) is 0 Å². The van der Waals surface area contributed by atoms with Gasteiger partial charge in [-0.1, -0.05) is 17.7 Å². The average Bonchev–Trinajstić information content (AvgIpc) is 2.46. The van der Waals surface area contributed by atoms with Crippen molar-refractivity contribution in [2.75, 3.05) is 13.1 Å². The molecule has 1 rings (SSSR count). The SMILES string of the molecule is CC(C)(C)OC(=O)CCNCC(=O)OCc1ccc(C(F)(F)F)c(Cl)c1. The molecule has 0 atom stereocenters. The van der Waals surface area contributed by atoms with Gasteiger partial charge in [0, 0.05) is 6.54 Å². The lowest BCUT2D eigenvalue weighted by molar-refractivity contribution is -0.155. The third-order valence-corrected chi connectivity index (χ3v) is 3.25. The summed E-state index contributed by atoms with van der Waals surface area (Å²) in [7, 11) is 0. The van der Waals surface area contributed by atoms with E-state index in [2.05, 4.69) is 5.32 Å². The van der Waals surface area contributed by atoms with E-state index < -0.39 is 34.3 Å². The van der Waals surface area contributed by atoms with E-state index in [0.717, 1.165) is 12.1 Å². The predicted molar refractivity (Wildman–Crippen MR) is 89.6 cm³/mol. The van der Waals surface area contributed by atoms with Crippen molar-refractivity contribution in [3.05, 3.63) is 34.3 Å². The first-order valence-corrected chi connectivity index (χ1v) is 8.20. The minimum absolute atomic E-state index is 0.0963. The van der Waals surface area contributed by atoms with Crippen molar-refractivity contribution in [2.24, 2.45) is 0 Å². The minimum Gasteiger partial charge on any atom is -0.460 e. The Morgan fingerprint density at radius 1 is 1.15 bits per heavy atom. The standard InChI is InChI=1S/C17H21ClF3NO4/c1-16(2,3)26-14(23)6-7-22-9-15(24)25-10-11-4-5-12(13(18)8-11)17(19,20)21/h4-5,8,22H,6-7,9-10H2,1-3H3. The molecule has 0 heterocycles. The topological polar surface area (TPSA) is 64.6 Å².